The van der Waals surface area contributed by atoms with Gasteiger partial charge in [-0.1, -0.05) is 74.3 Å². The molecule has 3 heteroatoms. The molecule has 0 radical (unpaired) electrons. The van der Waals surface area contributed by atoms with Crippen LogP contribution in [0, 0.1) is 35.5 Å². The molecule has 0 spiro atoms. The summed E-state index contributed by atoms with van der Waals surface area (Å²) in [5.74, 6) is 3.87. The van der Waals surface area contributed by atoms with E-state index in [1.54, 1.807) is 0 Å². The van der Waals surface area contributed by atoms with E-state index in [-0.39, 0.29) is 12.2 Å². The quantitative estimate of drug-likeness (QED) is 0.200. The van der Waals surface area contributed by atoms with E-state index in [9.17, 15) is 0 Å². The average molecular weight is 387 g/mol. The fraction of sp³-hybridized carbons (Fsp3) is 1.00. The van der Waals surface area contributed by atoms with Gasteiger partial charge in [-0.2, -0.15) is 0 Å². The third-order valence-corrected chi connectivity index (χ3v) is 4.90. The van der Waals surface area contributed by atoms with Crippen molar-refractivity contribution in [3.05, 3.63) is 0 Å². The minimum absolute atomic E-state index is 0.103. The van der Waals surface area contributed by atoms with Gasteiger partial charge in [0.2, 0.25) is 0 Å². The van der Waals surface area contributed by atoms with E-state index in [0.29, 0.717) is 23.7 Å². The van der Waals surface area contributed by atoms with Gasteiger partial charge in [0.25, 0.3) is 0 Å². The van der Waals surface area contributed by atoms with E-state index in [0.717, 1.165) is 37.5 Å². The summed E-state index contributed by atoms with van der Waals surface area (Å²) in [5, 5.41) is 5.37. The number of hydrogen-bond acceptors (Lipinski definition) is 3. The molecule has 0 aromatic heterocycles. The summed E-state index contributed by atoms with van der Waals surface area (Å²) in [5.41, 5.74) is 0. The molecule has 4 unspecified atom stereocenters. The topological polar surface area (TPSA) is 27.7 Å². The zero-order valence-electron chi connectivity index (χ0n) is 20.1. The summed E-state index contributed by atoms with van der Waals surface area (Å²) in [6.07, 6.45) is 6.71. The van der Waals surface area contributed by atoms with E-state index < -0.39 is 0 Å². The monoisotopic (exact) mass is 386 g/mol. The van der Waals surface area contributed by atoms with Crippen LogP contribution < -0.4 is 0 Å². The third kappa shape index (κ3) is 16.5. The van der Waals surface area contributed by atoms with Gasteiger partial charge in [-0.15, -0.1) is 0 Å². The second kappa shape index (κ2) is 14.8. The van der Waals surface area contributed by atoms with E-state index in [1.165, 1.54) is 12.8 Å². The molecular formula is C24H50O3. The van der Waals surface area contributed by atoms with Crippen LogP contribution in [0.15, 0.2) is 0 Å². The second-order valence-corrected chi connectivity index (χ2v) is 10.7. The highest BCUT2D eigenvalue weighted by molar-refractivity contribution is 4.67. The highest BCUT2D eigenvalue weighted by atomic mass is 17.5. The molecule has 0 aliphatic carbocycles. The number of hydrogen-bond donors (Lipinski definition) is 0. The van der Waals surface area contributed by atoms with Crippen molar-refractivity contribution >= 4 is 0 Å². The van der Waals surface area contributed by atoms with Crippen LogP contribution in [0.5, 0.6) is 0 Å². The van der Waals surface area contributed by atoms with Crippen molar-refractivity contribution in [3.63, 3.8) is 0 Å². The van der Waals surface area contributed by atoms with Gasteiger partial charge < -0.3 is 0 Å². The largest absolute Gasteiger partial charge is 0.203 e. The molecule has 4 atom stereocenters. The Kier molecular flexibility index (Phi) is 14.8. The van der Waals surface area contributed by atoms with Crippen molar-refractivity contribution in [1.29, 1.82) is 0 Å². The van der Waals surface area contributed by atoms with E-state index >= 15 is 0 Å². The lowest BCUT2D eigenvalue weighted by molar-refractivity contribution is -0.542. The minimum Gasteiger partial charge on any atom is -0.203 e. The van der Waals surface area contributed by atoms with E-state index in [1.807, 2.05) is 0 Å². The molecule has 0 aromatic carbocycles. The molecule has 0 aliphatic rings. The first-order valence-corrected chi connectivity index (χ1v) is 11.5. The lowest BCUT2D eigenvalue weighted by Gasteiger charge is -2.25. The fourth-order valence-electron chi connectivity index (χ4n) is 4.23. The van der Waals surface area contributed by atoms with Gasteiger partial charge in [-0.3, -0.25) is 0 Å². The summed E-state index contributed by atoms with van der Waals surface area (Å²) >= 11 is 0. The summed E-state index contributed by atoms with van der Waals surface area (Å²) < 4.78 is 0. The first-order chi connectivity index (χ1) is 12.5. The van der Waals surface area contributed by atoms with Gasteiger partial charge in [0, 0.05) is 0 Å². The van der Waals surface area contributed by atoms with E-state index in [2.05, 4.69) is 69.2 Å². The molecule has 0 amide bonds. The molecule has 0 rings (SSSR count). The Balaban J connectivity index is 4.55. The van der Waals surface area contributed by atoms with Gasteiger partial charge in [0.15, 0.2) is 0 Å². The van der Waals surface area contributed by atoms with Crippen molar-refractivity contribution < 1.29 is 14.8 Å². The minimum atomic E-state index is 0.103. The predicted molar refractivity (Wildman–Crippen MR) is 116 cm³/mol. The normalized spacial score (nSPS) is 17.1. The van der Waals surface area contributed by atoms with Gasteiger partial charge in [0.05, 0.1) is 12.2 Å². The Bertz CT molecular complexity index is 307. The summed E-state index contributed by atoms with van der Waals surface area (Å²) in [4.78, 5) is 11.5. The SMILES string of the molecule is CC(C)CC(C)CC(CC(C)C)OOOC(CC(C)C)CC(C)CC(C)C. The van der Waals surface area contributed by atoms with Crippen molar-refractivity contribution in [2.24, 2.45) is 35.5 Å². The standard InChI is InChI=1S/C24H50O3/c1-17(2)11-21(9)15-23(13-19(5)6)25-27-26-24(14-20(7)8)16-22(10)12-18(3)4/h17-24H,11-16H2,1-10H3. The summed E-state index contributed by atoms with van der Waals surface area (Å²) in [6.45, 7) is 22.7. The Labute approximate surface area is 170 Å². The summed E-state index contributed by atoms with van der Waals surface area (Å²) in [6, 6.07) is 0. The van der Waals surface area contributed by atoms with Crippen LogP contribution in [-0.4, -0.2) is 12.2 Å². The molecule has 0 fully saturated rings. The zero-order chi connectivity index (χ0) is 21.0. The van der Waals surface area contributed by atoms with Crippen molar-refractivity contribution in [3.8, 4) is 0 Å². The molecule has 0 saturated carbocycles. The van der Waals surface area contributed by atoms with Crippen molar-refractivity contribution in [2.45, 2.75) is 120 Å². The highest BCUT2D eigenvalue weighted by Crippen LogP contribution is 2.25. The lowest BCUT2D eigenvalue weighted by Crippen LogP contribution is -2.24. The number of rotatable bonds is 16. The summed E-state index contributed by atoms with van der Waals surface area (Å²) in [7, 11) is 0. The Morgan fingerprint density at radius 2 is 0.704 bits per heavy atom. The molecule has 0 aromatic rings. The lowest BCUT2D eigenvalue weighted by atomic mass is 9.91. The van der Waals surface area contributed by atoms with Crippen LogP contribution in [0.3, 0.4) is 0 Å². The van der Waals surface area contributed by atoms with Gasteiger partial charge >= 0.3 is 0 Å². The molecule has 0 bridgehead atoms. The van der Waals surface area contributed by atoms with E-state index in [4.69, 9.17) is 14.8 Å². The molecule has 27 heavy (non-hydrogen) atoms. The molecule has 0 N–H and O–H groups in total. The smallest absolute Gasteiger partial charge is 0.0966 e. The first kappa shape index (κ1) is 26.9. The predicted octanol–water partition coefficient (Wildman–Crippen LogP) is 7.84. The molecular weight excluding hydrogens is 336 g/mol. The molecule has 3 nitrogen and oxygen atoms in total. The van der Waals surface area contributed by atoms with Crippen LogP contribution >= 0.6 is 0 Å². The maximum absolute atomic E-state index is 5.76. The maximum atomic E-state index is 5.76. The Morgan fingerprint density at radius 3 is 0.963 bits per heavy atom. The third-order valence-electron chi connectivity index (χ3n) is 4.90. The van der Waals surface area contributed by atoms with Gasteiger partial charge in [-0.25, -0.2) is 9.78 Å². The zero-order valence-corrected chi connectivity index (χ0v) is 20.1. The van der Waals surface area contributed by atoms with Crippen LogP contribution in [0.2, 0.25) is 0 Å². The highest BCUT2D eigenvalue weighted by Gasteiger charge is 2.21. The van der Waals surface area contributed by atoms with Crippen LogP contribution in [0.4, 0.5) is 0 Å². The fourth-order valence-corrected chi connectivity index (χ4v) is 4.23. The van der Waals surface area contributed by atoms with Crippen LogP contribution in [-0.2, 0) is 14.8 Å². The molecule has 0 heterocycles. The van der Waals surface area contributed by atoms with Gasteiger partial charge in [-0.05, 0) is 74.0 Å². The molecule has 164 valence electrons. The second-order valence-electron chi connectivity index (χ2n) is 10.7. The molecule has 0 aliphatic heterocycles. The maximum Gasteiger partial charge on any atom is 0.0966 e. The van der Waals surface area contributed by atoms with Crippen LogP contribution in [0.25, 0.3) is 0 Å². The Morgan fingerprint density at radius 1 is 0.407 bits per heavy atom. The Hall–Kier alpha value is -0.120. The van der Waals surface area contributed by atoms with Gasteiger partial charge in [0.1, 0.15) is 0 Å². The first-order valence-electron chi connectivity index (χ1n) is 11.5. The van der Waals surface area contributed by atoms with Crippen LogP contribution in [0.1, 0.15) is 108 Å². The average Bonchev–Trinajstić information content (AvgIpc) is 2.43. The van der Waals surface area contributed by atoms with Crippen molar-refractivity contribution in [1.82, 2.24) is 0 Å². The van der Waals surface area contributed by atoms with Crippen molar-refractivity contribution in [2.75, 3.05) is 0 Å². The molecule has 0 saturated heterocycles.